The zero-order valence-electron chi connectivity index (χ0n) is 20.4. The molecule has 3 aromatic rings. The van der Waals surface area contributed by atoms with Crippen LogP contribution in [-0.2, 0) is 4.79 Å². The summed E-state index contributed by atoms with van der Waals surface area (Å²) in [5, 5.41) is 23.2. The molecule has 6 heteroatoms. The number of carbonyl (C=O) groups is 1. The van der Waals surface area contributed by atoms with Crippen molar-refractivity contribution in [1.82, 2.24) is 5.32 Å². The average molecular weight is 464 g/mol. The van der Waals surface area contributed by atoms with E-state index >= 15 is 0 Å². The highest BCUT2D eigenvalue weighted by Gasteiger charge is 2.16. The topological polar surface area (TPSA) is 88.0 Å². The van der Waals surface area contributed by atoms with Crippen LogP contribution in [0.15, 0.2) is 54.6 Å². The van der Waals surface area contributed by atoms with Gasteiger partial charge in [0.05, 0.1) is 6.10 Å². The van der Waals surface area contributed by atoms with E-state index in [0.29, 0.717) is 18.9 Å². The normalized spacial score (nSPS) is 12.8. The predicted molar refractivity (Wildman–Crippen MR) is 133 cm³/mol. The van der Waals surface area contributed by atoms with Gasteiger partial charge >= 0.3 is 5.97 Å². The lowest BCUT2D eigenvalue weighted by molar-refractivity contribution is -0.131. The minimum Gasteiger partial charge on any atom is -0.508 e. The molecule has 0 aliphatic rings. The molecule has 2 atom stereocenters. The molecule has 0 fully saturated rings. The monoisotopic (exact) mass is 463 g/mol. The molecular formula is C28H33NO5. The van der Waals surface area contributed by atoms with Gasteiger partial charge in [0.25, 0.3) is 0 Å². The smallest absolute Gasteiger partial charge is 0.308 e. The van der Waals surface area contributed by atoms with Crippen molar-refractivity contribution in [3.8, 4) is 28.4 Å². The maximum Gasteiger partial charge on any atom is 0.308 e. The van der Waals surface area contributed by atoms with Gasteiger partial charge in [-0.2, -0.15) is 0 Å². The van der Waals surface area contributed by atoms with Gasteiger partial charge in [-0.05, 0) is 97.5 Å². The van der Waals surface area contributed by atoms with Crippen LogP contribution < -0.4 is 14.8 Å². The highest BCUT2D eigenvalue weighted by Crippen LogP contribution is 2.33. The van der Waals surface area contributed by atoms with E-state index in [1.54, 1.807) is 30.3 Å². The van der Waals surface area contributed by atoms with Gasteiger partial charge in [-0.25, -0.2) is 0 Å². The molecule has 0 spiro atoms. The van der Waals surface area contributed by atoms with Crippen molar-refractivity contribution in [2.24, 2.45) is 0 Å². The highest BCUT2D eigenvalue weighted by atomic mass is 16.5. The molecule has 0 unspecified atom stereocenters. The predicted octanol–water partition coefficient (Wildman–Crippen LogP) is 5.00. The summed E-state index contributed by atoms with van der Waals surface area (Å²) in [6.45, 7) is 10.4. The van der Waals surface area contributed by atoms with Crippen LogP contribution in [0.5, 0.6) is 17.2 Å². The Labute approximate surface area is 201 Å². The fraction of sp³-hybridized carbons (Fsp3) is 0.321. The number of nitrogens with one attached hydrogen (secondary N) is 1. The lowest BCUT2D eigenvalue weighted by atomic mass is 9.96. The number of carbonyl (C=O) groups excluding carboxylic acids is 1. The van der Waals surface area contributed by atoms with E-state index in [0.717, 1.165) is 39.1 Å². The number of ether oxygens (including phenoxy) is 2. The van der Waals surface area contributed by atoms with Gasteiger partial charge in [-0.15, -0.1) is 0 Å². The Morgan fingerprint density at radius 2 is 1.62 bits per heavy atom. The molecule has 0 bridgehead atoms. The molecule has 0 aliphatic carbocycles. The number of aromatic hydroxyl groups is 1. The first-order chi connectivity index (χ1) is 16.2. The number of benzene rings is 3. The molecule has 0 amide bonds. The third-order valence-electron chi connectivity index (χ3n) is 5.75. The van der Waals surface area contributed by atoms with Crippen LogP contribution in [-0.4, -0.2) is 35.4 Å². The number of phenols is 1. The number of esters is 1. The van der Waals surface area contributed by atoms with Crippen molar-refractivity contribution in [2.75, 3.05) is 13.2 Å². The first-order valence-corrected chi connectivity index (χ1v) is 11.4. The molecule has 0 heterocycles. The molecule has 0 saturated carbocycles. The summed E-state index contributed by atoms with van der Waals surface area (Å²) in [6.07, 6.45) is -0.682. The van der Waals surface area contributed by atoms with Crippen LogP contribution in [0, 0.1) is 20.8 Å². The van der Waals surface area contributed by atoms with Gasteiger partial charge in [0.15, 0.2) is 0 Å². The summed E-state index contributed by atoms with van der Waals surface area (Å²) in [7, 11) is 0. The summed E-state index contributed by atoms with van der Waals surface area (Å²) < 4.78 is 11.2. The minimum absolute atomic E-state index is 0.171. The van der Waals surface area contributed by atoms with Crippen molar-refractivity contribution in [3.63, 3.8) is 0 Å². The summed E-state index contributed by atoms with van der Waals surface area (Å²) in [5.74, 6) is 1.24. The molecule has 3 aromatic carbocycles. The van der Waals surface area contributed by atoms with Crippen molar-refractivity contribution in [2.45, 2.75) is 46.8 Å². The van der Waals surface area contributed by atoms with Crippen LogP contribution in [0.2, 0.25) is 0 Å². The van der Waals surface area contributed by atoms with E-state index < -0.39 is 6.10 Å². The van der Waals surface area contributed by atoms with Crippen LogP contribution >= 0.6 is 0 Å². The SMILES string of the molecule is CC(=O)Oc1ccc(-c2cc(C)c(OCCN[C@@H](C)[C@@H](O)c3ccc(O)cc3)c(C)c2)c(C)c1. The van der Waals surface area contributed by atoms with E-state index in [9.17, 15) is 15.0 Å². The zero-order chi connectivity index (χ0) is 24.8. The Kier molecular flexibility index (Phi) is 8.31. The van der Waals surface area contributed by atoms with Gasteiger partial charge in [-0.3, -0.25) is 4.79 Å². The van der Waals surface area contributed by atoms with Gasteiger partial charge < -0.3 is 25.0 Å². The lowest BCUT2D eigenvalue weighted by Gasteiger charge is -2.21. The van der Waals surface area contributed by atoms with E-state index in [1.807, 2.05) is 39.8 Å². The zero-order valence-corrected chi connectivity index (χ0v) is 20.4. The number of phenolic OH excluding ortho intramolecular Hbond substituents is 1. The molecule has 0 aromatic heterocycles. The number of hydrogen-bond acceptors (Lipinski definition) is 6. The van der Waals surface area contributed by atoms with E-state index in [1.165, 1.54) is 6.92 Å². The second-order valence-electron chi connectivity index (χ2n) is 8.64. The summed E-state index contributed by atoms with van der Waals surface area (Å²) in [6, 6.07) is 16.2. The molecule has 6 nitrogen and oxygen atoms in total. The Hall–Kier alpha value is -3.35. The van der Waals surface area contributed by atoms with E-state index in [-0.39, 0.29) is 17.8 Å². The highest BCUT2D eigenvalue weighted by molar-refractivity contribution is 5.73. The van der Waals surface area contributed by atoms with Crippen LogP contribution in [0.4, 0.5) is 0 Å². The summed E-state index contributed by atoms with van der Waals surface area (Å²) in [4.78, 5) is 11.2. The molecule has 180 valence electrons. The second-order valence-corrected chi connectivity index (χ2v) is 8.64. The van der Waals surface area contributed by atoms with Gasteiger partial charge in [0, 0.05) is 19.5 Å². The molecule has 0 saturated heterocycles. The van der Waals surface area contributed by atoms with Crippen molar-refractivity contribution in [3.05, 3.63) is 76.9 Å². The molecule has 3 rings (SSSR count). The quantitative estimate of drug-likeness (QED) is 0.235. The van der Waals surface area contributed by atoms with Crippen LogP contribution in [0.25, 0.3) is 11.1 Å². The maximum absolute atomic E-state index is 11.2. The number of aliphatic hydroxyl groups excluding tert-OH is 1. The first kappa shape index (κ1) is 25.3. The maximum atomic E-state index is 11.2. The minimum atomic E-state index is -0.682. The number of aliphatic hydroxyl groups is 1. The van der Waals surface area contributed by atoms with E-state index in [4.69, 9.17) is 9.47 Å². The molecular weight excluding hydrogens is 430 g/mol. The lowest BCUT2D eigenvalue weighted by Crippen LogP contribution is -2.35. The largest absolute Gasteiger partial charge is 0.508 e. The van der Waals surface area contributed by atoms with Gasteiger partial charge in [0.2, 0.25) is 0 Å². The van der Waals surface area contributed by atoms with Crippen molar-refractivity contribution in [1.29, 1.82) is 0 Å². The number of aryl methyl sites for hydroxylation is 3. The Bertz CT molecular complexity index is 1120. The molecule has 0 aliphatic heterocycles. The fourth-order valence-electron chi connectivity index (χ4n) is 4.03. The van der Waals surface area contributed by atoms with Crippen LogP contribution in [0.1, 0.15) is 42.2 Å². The second kappa shape index (κ2) is 11.2. The van der Waals surface area contributed by atoms with Crippen molar-refractivity contribution < 1.29 is 24.5 Å². The average Bonchev–Trinajstić information content (AvgIpc) is 2.77. The van der Waals surface area contributed by atoms with Gasteiger partial charge in [0.1, 0.15) is 23.9 Å². The Balaban J connectivity index is 1.60. The number of hydrogen-bond donors (Lipinski definition) is 3. The van der Waals surface area contributed by atoms with E-state index in [2.05, 4.69) is 17.4 Å². The van der Waals surface area contributed by atoms with Crippen LogP contribution in [0.3, 0.4) is 0 Å². The van der Waals surface area contributed by atoms with Crippen molar-refractivity contribution >= 4 is 5.97 Å². The summed E-state index contributed by atoms with van der Waals surface area (Å²) in [5.41, 5.74) is 6.01. The Morgan fingerprint density at radius 1 is 0.971 bits per heavy atom. The first-order valence-electron chi connectivity index (χ1n) is 11.4. The number of rotatable bonds is 9. The molecule has 34 heavy (non-hydrogen) atoms. The summed E-state index contributed by atoms with van der Waals surface area (Å²) >= 11 is 0. The standard InChI is InChI=1S/C28H33NO5/c1-17-16-25(34-21(5)30)10-11-26(17)23-14-18(2)28(19(3)15-23)33-13-12-29-20(4)27(32)22-6-8-24(31)9-7-22/h6-11,14-16,20,27,29,31-32H,12-13H2,1-5H3/t20-,27+/m0/s1. The molecule has 0 radical (unpaired) electrons. The molecule has 3 N–H and O–H groups in total. The van der Waals surface area contributed by atoms with Gasteiger partial charge in [-0.1, -0.05) is 18.2 Å². The fourth-order valence-corrected chi connectivity index (χ4v) is 4.03. The third kappa shape index (κ3) is 6.37. The third-order valence-corrected chi connectivity index (χ3v) is 5.75. The Morgan fingerprint density at radius 3 is 2.21 bits per heavy atom.